The molecule has 0 bridgehead atoms. The van der Waals surface area contributed by atoms with E-state index in [2.05, 4.69) is 22.0 Å². The molecule has 0 amide bonds. The molecular formula is C14H23N3. The predicted molar refractivity (Wildman–Crippen MR) is 69.1 cm³/mol. The topological polar surface area (TPSA) is 31.9 Å². The van der Waals surface area contributed by atoms with Crippen molar-refractivity contribution in [2.75, 3.05) is 13.1 Å². The van der Waals surface area contributed by atoms with Crippen molar-refractivity contribution < 1.29 is 0 Å². The minimum Gasteiger partial charge on any atom is -0.300 e. The van der Waals surface area contributed by atoms with Crippen molar-refractivity contribution in [2.45, 2.75) is 57.4 Å². The van der Waals surface area contributed by atoms with Crippen LogP contribution in [-0.2, 0) is 0 Å². The van der Waals surface area contributed by atoms with Crippen LogP contribution >= 0.6 is 0 Å². The lowest BCUT2D eigenvalue weighted by Gasteiger charge is -2.36. The van der Waals surface area contributed by atoms with Crippen molar-refractivity contribution in [1.82, 2.24) is 15.1 Å². The van der Waals surface area contributed by atoms with Crippen LogP contribution in [0.4, 0.5) is 0 Å². The molecule has 2 heterocycles. The van der Waals surface area contributed by atoms with Gasteiger partial charge < -0.3 is 4.90 Å². The zero-order valence-corrected chi connectivity index (χ0v) is 10.8. The summed E-state index contributed by atoms with van der Waals surface area (Å²) in [5.41, 5.74) is 2.72. The Kier molecular flexibility index (Phi) is 3.19. The largest absolute Gasteiger partial charge is 0.300 e. The molecule has 0 spiro atoms. The summed E-state index contributed by atoms with van der Waals surface area (Å²) >= 11 is 0. The summed E-state index contributed by atoms with van der Waals surface area (Å²) < 4.78 is 0. The van der Waals surface area contributed by atoms with Gasteiger partial charge in [0.05, 0.1) is 6.20 Å². The van der Waals surface area contributed by atoms with Crippen molar-refractivity contribution >= 4 is 0 Å². The number of aryl methyl sites for hydroxylation is 1. The highest BCUT2D eigenvalue weighted by molar-refractivity contribution is 5.20. The quantitative estimate of drug-likeness (QED) is 0.851. The highest BCUT2D eigenvalue weighted by Crippen LogP contribution is 2.32. The van der Waals surface area contributed by atoms with Gasteiger partial charge in [0.1, 0.15) is 0 Å². The van der Waals surface area contributed by atoms with Gasteiger partial charge in [-0.2, -0.15) is 5.10 Å². The number of aromatic amines is 1. The van der Waals surface area contributed by atoms with Crippen molar-refractivity contribution in [2.24, 2.45) is 0 Å². The molecule has 3 rings (SSSR count). The highest BCUT2D eigenvalue weighted by Gasteiger charge is 2.28. The summed E-state index contributed by atoms with van der Waals surface area (Å²) in [6.45, 7) is 4.73. The third-order valence-corrected chi connectivity index (χ3v) is 4.68. The summed E-state index contributed by atoms with van der Waals surface area (Å²) in [6, 6.07) is 0.904. The third-order valence-electron chi connectivity index (χ3n) is 4.68. The number of nitrogens with zero attached hydrogens (tertiary/aromatic N) is 2. The molecule has 0 aromatic carbocycles. The van der Waals surface area contributed by atoms with Crippen LogP contribution in [0.1, 0.15) is 55.7 Å². The second-order valence-corrected chi connectivity index (χ2v) is 5.70. The van der Waals surface area contributed by atoms with Crippen LogP contribution in [0, 0.1) is 6.92 Å². The van der Waals surface area contributed by atoms with E-state index in [9.17, 15) is 0 Å². The van der Waals surface area contributed by atoms with E-state index >= 15 is 0 Å². The SMILES string of the molecule is Cc1[nH]ncc1C1CCN(C2CCCC2)CC1. The molecule has 1 aliphatic heterocycles. The molecule has 3 nitrogen and oxygen atoms in total. The Morgan fingerprint density at radius 2 is 1.88 bits per heavy atom. The molecule has 1 aliphatic carbocycles. The highest BCUT2D eigenvalue weighted by atomic mass is 15.2. The van der Waals surface area contributed by atoms with Gasteiger partial charge >= 0.3 is 0 Å². The number of rotatable bonds is 2. The molecule has 1 saturated carbocycles. The van der Waals surface area contributed by atoms with E-state index in [0.29, 0.717) is 0 Å². The molecule has 1 aromatic heterocycles. The van der Waals surface area contributed by atoms with Crippen molar-refractivity contribution in [3.63, 3.8) is 0 Å². The van der Waals surface area contributed by atoms with Crippen LogP contribution in [0.3, 0.4) is 0 Å². The smallest absolute Gasteiger partial charge is 0.0524 e. The maximum Gasteiger partial charge on any atom is 0.0524 e. The van der Waals surface area contributed by atoms with Gasteiger partial charge in [0, 0.05) is 11.7 Å². The second kappa shape index (κ2) is 4.81. The van der Waals surface area contributed by atoms with Gasteiger partial charge in [0.15, 0.2) is 0 Å². The van der Waals surface area contributed by atoms with Crippen LogP contribution in [0.15, 0.2) is 6.20 Å². The van der Waals surface area contributed by atoms with Gasteiger partial charge in [-0.3, -0.25) is 5.10 Å². The first kappa shape index (κ1) is 11.3. The molecule has 0 atom stereocenters. The average molecular weight is 233 g/mol. The minimum absolute atomic E-state index is 0.742. The standard InChI is InChI=1S/C14H23N3/c1-11-14(10-15-16-11)12-6-8-17(9-7-12)13-4-2-3-5-13/h10,12-13H,2-9H2,1H3,(H,15,16). The van der Waals surface area contributed by atoms with E-state index in [1.165, 1.54) is 62.9 Å². The Labute approximate surface area is 104 Å². The van der Waals surface area contributed by atoms with E-state index in [-0.39, 0.29) is 0 Å². The Bertz CT molecular complexity index is 357. The first-order valence-electron chi connectivity index (χ1n) is 7.08. The van der Waals surface area contributed by atoms with Crippen LogP contribution in [0.5, 0.6) is 0 Å². The number of hydrogen-bond acceptors (Lipinski definition) is 2. The number of nitrogens with one attached hydrogen (secondary N) is 1. The van der Waals surface area contributed by atoms with Crippen LogP contribution in [0.2, 0.25) is 0 Å². The first-order valence-corrected chi connectivity index (χ1v) is 7.08. The molecular weight excluding hydrogens is 210 g/mol. The molecule has 2 aliphatic rings. The zero-order chi connectivity index (χ0) is 11.7. The van der Waals surface area contributed by atoms with Crippen molar-refractivity contribution in [3.8, 4) is 0 Å². The Balaban J connectivity index is 1.58. The molecule has 0 radical (unpaired) electrons. The van der Waals surface area contributed by atoms with Crippen LogP contribution in [-0.4, -0.2) is 34.2 Å². The van der Waals surface area contributed by atoms with Crippen LogP contribution in [0.25, 0.3) is 0 Å². The summed E-state index contributed by atoms with van der Waals surface area (Å²) in [5, 5.41) is 7.22. The number of H-pyrrole nitrogens is 1. The van der Waals surface area contributed by atoms with Gasteiger partial charge in [-0.15, -0.1) is 0 Å². The molecule has 1 N–H and O–H groups in total. The molecule has 1 saturated heterocycles. The maximum absolute atomic E-state index is 4.15. The normalized spacial score (nSPS) is 24.5. The van der Waals surface area contributed by atoms with Crippen molar-refractivity contribution in [1.29, 1.82) is 0 Å². The van der Waals surface area contributed by atoms with Gasteiger partial charge in [-0.25, -0.2) is 0 Å². The second-order valence-electron chi connectivity index (χ2n) is 5.70. The zero-order valence-electron chi connectivity index (χ0n) is 10.8. The number of aromatic nitrogens is 2. The number of hydrogen-bond donors (Lipinski definition) is 1. The van der Waals surface area contributed by atoms with Gasteiger partial charge in [0.25, 0.3) is 0 Å². The first-order chi connectivity index (χ1) is 8.34. The molecule has 17 heavy (non-hydrogen) atoms. The Hall–Kier alpha value is -0.830. The number of piperidine rings is 1. The minimum atomic E-state index is 0.742. The fraction of sp³-hybridized carbons (Fsp3) is 0.786. The fourth-order valence-electron chi connectivity index (χ4n) is 3.62. The Morgan fingerprint density at radius 3 is 2.47 bits per heavy atom. The summed E-state index contributed by atoms with van der Waals surface area (Å²) in [4.78, 5) is 2.74. The average Bonchev–Trinajstić information content (AvgIpc) is 3.00. The van der Waals surface area contributed by atoms with E-state index < -0.39 is 0 Å². The summed E-state index contributed by atoms with van der Waals surface area (Å²) in [5.74, 6) is 0.742. The number of likely N-dealkylation sites (tertiary alicyclic amines) is 1. The van der Waals surface area contributed by atoms with E-state index in [0.717, 1.165) is 12.0 Å². The van der Waals surface area contributed by atoms with E-state index in [1.54, 1.807) is 0 Å². The lowest BCUT2D eigenvalue weighted by atomic mass is 9.89. The molecule has 0 unspecified atom stereocenters. The van der Waals surface area contributed by atoms with Gasteiger partial charge in [-0.05, 0) is 57.2 Å². The molecule has 94 valence electrons. The summed E-state index contributed by atoms with van der Waals surface area (Å²) in [6.07, 6.45) is 10.4. The lowest BCUT2D eigenvalue weighted by molar-refractivity contribution is 0.154. The molecule has 3 heteroatoms. The lowest BCUT2D eigenvalue weighted by Crippen LogP contribution is -2.39. The maximum atomic E-state index is 4.15. The monoisotopic (exact) mass is 233 g/mol. The van der Waals surface area contributed by atoms with Gasteiger partial charge in [0.2, 0.25) is 0 Å². The van der Waals surface area contributed by atoms with Crippen molar-refractivity contribution in [3.05, 3.63) is 17.5 Å². The Morgan fingerprint density at radius 1 is 1.18 bits per heavy atom. The third kappa shape index (κ3) is 2.25. The molecule has 1 aromatic rings. The molecule has 2 fully saturated rings. The van der Waals surface area contributed by atoms with Gasteiger partial charge in [-0.1, -0.05) is 12.8 Å². The van der Waals surface area contributed by atoms with Crippen LogP contribution < -0.4 is 0 Å². The summed E-state index contributed by atoms with van der Waals surface area (Å²) in [7, 11) is 0. The van der Waals surface area contributed by atoms with E-state index in [1.807, 2.05) is 6.20 Å². The fourth-order valence-corrected chi connectivity index (χ4v) is 3.62. The van der Waals surface area contributed by atoms with E-state index in [4.69, 9.17) is 0 Å². The predicted octanol–water partition coefficient (Wildman–Crippen LogP) is 2.84.